The van der Waals surface area contributed by atoms with Gasteiger partial charge in [0, 0.05) is 21.1 Å². The Morgan fingerprint density at radius 1 is 1.21 bits per heavy atom. The molecule has 0 radical (unpaired) electrons. The van der Waals surface area contributed by atoms with E-state index in [2.05, 4.69) is 53.8 Å². The van der Waals surface area contributed by atoms with Gasteiger partial charge in [-0.25, -0.2) is 0 Å². The van der Waals surface area contributed by atoms with Crippen LogP contribution in [0.3, 0.4) is 0 Å². The van der Waals surface area contributed by atoms with Gasteiger partial charge in [0.05, 0.1) is 0 Å². The molecular formula is C12H14BrN. The molecule has 1 heterocycles. The van der Waals surface area contributed by atoms with Crippen LogP contribution < -0.4 is 0 Å². The van der Waals surface area contributed by atoms with Crippen molar-refractivity contribution in [2.75, 3.05) is 0 Å². The number of aryl methyl sites for hydroxylation is 3. The fourth-order valence-electron chi connectivity index (χ4n) is 2.03. The number of fused-ring (bicyclic) bond motifs is 1. The number of H-pyrrole nitrogens is 1. The predicted molar refractivity (Wildman–Crippen MR) is 64.9 cm³/mol. The van der Waals surface area contributed by atoms with E-state index in [1.807, 2.05) is 0 Å². The second-order valence-corrected chi connectivity index (χ2v) is 4.53. The summed E-state index contributed by atoms with van der Waals surface area (Å²) in [7, 11) is 0. The van der Waals surface area contributed by atoms with Gasteiger partial charge < -0.3 is 4.98 Å². The van der Waals surface area contributed by atoms with Crippen LogP contribution in [0.15, 0.2) is 16.6 Å². The number of aromatic nitrogens is 1. The first-order valence-corrected chi connectivity index (χ1v) is 5.70. The molecule has 14 heavy (non-hydrogen) atoms. The van der Waals surface area contributed by atoms with E-state index in [9.17, 15) is 0 Å². The van der Waals surface area contributed by atoms with E-state index in [1.165, 1.54) is 32.2 Å². The zero-order valence-electron chi connectivity index (χ0n) is 8.74. The molecule has 1 aromatic heterocycles. The Hall–Kier alpha value is -0.760. The molecular weight excluding hydrogens is 238 g/mol. The molecule has 0 saturated carbocycles. The minimum absolute atomic E-state index is 1.07. The molecule has 0 spiro atoms. The van der Waals surface area contributed by atoms with E-state index in [0.29, 0.717) is 0 Å². The van der Waals surface area contributed by atoms with Crippen LogP contribution in [0.25, 0.3) is 10.9 Å². The molecule has 0 aliphatic carbocycles. The van der Waals surface area contributed by atoms with Gasteiger partial charge in [-0.05, 0) is 43.5 Å². The number of aromatic amines is 1. The molecule has 2 aromatic rings. The van der Waals surface area contributed by atoms with Crippen molar-refractivity contribution in [3.63, 3.8) is 0 Å². The highest BCUT2D eigenvalue weighted by atomic mass is 79.9. The molecule has 2 heteroatoms. The van der Waals surface area contributed by atoms with Crippen LogP contribution >= 0.6 is 15.9 Å². The summed E-state index contributed by atoms with van der Waals surface area (Å²) in [6.07, 6.45) is 1.07. The monoisotopic (exact) mass is 251 g/mol. The van der Waals surface area contributed by atoms with E-state index < -0.39 is 0 Å². The number of hydrogen-bond acceptors (Lipinski definition) is 0. The highest BCUT2D eigenvalue weighted by Crippen LogP contribution is 2.29. The average Bonchev–Trinajstić information content (AvgIpc) is 2.50. The smallest absolute Gasteiger partial charge is 0.0462 e. The summed E-state index contributed by atoms with van der Waals surface area (Å²) in [6, 6.07) is 4.24. The Morgan fingerprint density at radius 3 is 2.57 bits per heavy atom. The highest BCUT2D eigenvalue weighted by Gasteiger charge is 2.09. The molecule has 0 fully saturated rings. The van der Waals surface area contributed by atoms with Gasteiger partial charge in [-0.15, -0.1) is 0 Å². The van der Waals surface area contributed by atoms with Gasteiger partial charge in [-0.3, -0.25) is 0 Å². The first kappa shape index (κ1) is 9.78. The average molecular weight is 252 g/mol. The van der Waals surface area contributed by atoms with Crippen molar-refractivity contribution in [1.29, 1.82) is 0 Å². The summed E-state index contributed by atoms with van der Waals surface area (Å²) in [5.41, 5.74) is 5.32. The van der Waals surface area contributed by atoms with Crippen molar-refractivity contribution in [1.82, 2.24) is 4.98 Å². The Labute approximate surface area is 92.6 Å². The van der Waals surface area contributed by atoms with Crippen LogP contribution in [0.2, 0.25) is 0 Å². The van der Waals surface area contributed by atoms with Crippen molar-refractivity contribution in [2.24, 2.45) is 0 Å². The SMILES string of the molecule is CCc1[nH]c2ccc(Br)c(C)c2c1C. The maximum atomic E-state index is 3.57. The molecule has 1 nitrogen and oxygen atoms in total. The standard InChI is InChI=1S/C12H14BrN/c1-4-10-8(3)12-7(2)9(13)5-6-11(12)14-10/h5-6,14H,4H2,1-3H3. The summed E-state index contributed by atoms with van der Waals surface area (Å²) >= 11 is 3.57. The fourth-order valence-corrected chi connectivity index (χ4v) is 2.36. The van der Waals surface area contributed by atoms with Gasteiger partial charge >= 0.3 is 0 Å². The van der Waals surface area contributed by atoms with E-state index in [1.54, 1.807) is 0 Å². The first-order valence-electron chi connectivity index (χ1n) is 4.91. The van der Waals surface area contributed by atoms with Crippen LogP contribution in [0.5, 0.6) is 0 Å². The normalized spacial score (nSPS) is 11.1. The number of rotatable bonds is 1. The lowest BCUT2D eigenvalue weighted by molar-refractivity contribution is 1.05. The van der Waals surface area contributed by atoms with Crippen LogP contribution in [-0.4, -0.2) is 4.98 Å². The van der Waals surface area contributed by atoms with E-state index >= 15 is 0 Å². The van der Waals surface area contributed by atoms with Crippen molar-refractivity contribution >= 4 is 26.8 Å². The predicted octanol–water partition coefficient (Wildman–Crippen LogP) is 4.11. The zero-order valence-corrected chi connectivity index (χ0v) is 10.3. The largest absolute Gasteiger partial charge is 0.358 e. The van der Waals surface area contributed by atoms with Gasteiger partial charge in [0.2, 0.25) is 0 Å². The minimum Gasteiger partial charge on any atom is -0.358 e. The number of nitrogens with one attached hydrogen (secondary N) is 1. The van der Waals surface area contributed by atoms with Crippen LogP contribution in [0.1, 0.15) is 23.7 Å². The minimum atomic E-state index is 1.07. The Kier molecular flexibility index (Phi) is 2.40. The third-order valence-electron chi connectivity index (χ3n) is 2.87. The topological polar surface area (TPSA) is 15.8 Å². The molecule has 0 unspecified atom stereocenters. The maximum absolute atomic E-state index is 3.57. The van der Waals surface area contributed by atoms with Crippen molar-refractivity contribution in [3.05, 3.63) is 33.4 Å². The Morgan fingerprint density at radius 2 is 1.93 bits per heavy atom. The summed E-state index contributed by atoms with van der Waals surface area (Å²) in [6.45, 7) is 6.53. The lowest BCUT2D eigenvalue weighted by Gasteiger charge is -2.00. The van der Waals surface area contributed by atoms with Crippen molar-refractivity contribution < 1.29 is 0 Å². The quantitative estimate of drug-likeness (QED) is 0.786. The summed E-state index contributed by atoms with van der Waals surface area (Å²) in [5.74, 6) is 0. The van der Waals surface area contributed by atoms with Crippen molar-refractivity contribution in [2.45, 2.75) is 27.2 Å². The third kappa shape index (κ3) is 1.29. The van der Waals surface area contributed by atoms with Crippen LogP contribution in [-0.2, 0) is 6.42 Å². The van der Waals surface area contributed by atoms with Crippen LogP contribution in [0.4, 0.5) is 0 Å². The van der Waals surface area contributed by atoms with Gasteiger partial charge in [-0.2, -0.15) is 0 Å². The molecule has 0 aliphatic heterocycles. The molecule has 0 atom stereocenters. The third-order valence-corrected chi connectivity index (χ3v) is 3.72. The first-order chi connectivity index (χ1) is 6.65. The second-order valence-electron chi connectivity index (χ2n) is 3.68. The summed E-state index contributed by atoms with van der Waals surface area (Å²) in [4.78, 5) is 3.46. The highest BCUT2D eigenvalue weighted by molar-refractivity contribution is 9.10. The molecule has 1 aromatic carbocycles. The number of benzene rings is 1. The van der Waals surface area contributed by atoms with E-state index in [-0.39, 0.29) is 0 Å². The molecule has 0 bridgehead atoms. The lowest BCUT2D eigenvalue weighted by Crippen LogP contribution is -1.82. The van der Waals surface area contributed by atoms with Gasteiger partial charge in [0.25, 0.3) is 0 Å². The summed E-state index contributed by atoms with van der Waals surface area (Å²) < 4.78 is 1.19. The van der Waals surface area contributed by atoms with Crippen molar-refractivity contribution in [3.8, 4) is 0 Å². The van der Waals surface area contributed by atoms with Gasteiger partial charge in [0.15, 0.2) is 0 Å². The molecule has 1 N–H and O–H groups in total. The molecule has 0 saturated heterocycles. The number of hydrogen-bond donors (Lipinski definition) is 1. The van der Waals surface area contributed by atoms with E-state index in [4.69, 9.17) is 0 Å². The second kappa shape index (κ2) is 3.43. The van der Waals surface area contributed by atoms with Gasteiger partial charge in [0.1, 0.15) is 0 Å². The maximum Gasteiger partial charge on any atom is 0.0462 e. The Balaban J connectivity index is 2.87. The fraction of sp³-hybridized carbons (Fsp3) is 0.333. The van der Waals surface area contributed by atoms with Crippen LogP contribution in [0, 0.1) is 13.8 Å². The van der Waals surface area contributed by atoms with Gasteiger partial charge in [-0.1, -0.05) is 22.9 Å². The molecule has 74 valence electrons. The van der Waals surface area contributed by atoms with E-state index in [0.717, 1.165) is 6.42 Å². The Bertz CT molecular complexity index is 483. The number of halogens is 1. The summed E-state index contributed by atoms with van der Waals surface area (Å²) in [5, 5.41) is 1.37. The lowest BCUT2D eigenvalue weighted by atomic mass is 10.1. The zero-order chi connectivity index (χ0) is 10.3. The molecule has 2 rings (SSSR count). The molecule has 0 aliphatic rings. The molecule has 0 amide bonds.